The van der Waals surface area contributed by atoms with Crippen molar-refractivity contribution in [3.63, 3.8) is 0 Å². The maximum atomic E-state index is 13.7. The zero-order chi connectivity index (χ0) is 18.9. The van der Waals surface area contributed by atoms with Crippen molar-refractivity contribution in [1.82, 2.24) is 20.4 Å². The zero-order valence-electron chi connectivity index (χ0n) is 16.5. The van der Waals surface area contributed by atoms with Crippen LogP contribution in [-0.4, -0.2) is 68.6 Å². The first-order valence-corrected chi connectivity index (χ1v) is 9.35. The largest absolute Gasteiger partial charge is 0.357 e. The molecule has 0 bridgehead atoms. The molecule has 0 aromatic heterocycles. The second-order valence-electron chi connectivity index (χ2n) is 7.02. The van der Waals surface area contributed by atoms with Crippen molar-refractivity contribution >= 4 is 29.9 Å². The van der Waals surface area contributed by atoms with Crippen molar-refractivity contribution in [3.8, 4) is 0 Å². The van der Waals surface area contributed by atoms with E-state index < -0.39 is 11.6 Å². The molecule has 1 fully saturated rings. The van der Waals surface area contributed by atoms with Gasteiger partial charge in [-0.2, -0.15) is 0 Å². The molecule has 1 aromatic carbocycles. The number of halogens is 3. The summed E-state index contributed by atoms with van der Waals surface area (Å²) in [7, 11) is 2.16. The van der Waals surface area contributed by atoms with Gasteiger partial charge in [-0.05, 0) is 38.1 Å². The zero-order valence-corrected chi connectivity index (χ0v) is 18.8. The first kappa shape index (κ1) is 24.0. The molecule has 2 N–H and O–H groups in total. The minimum atomic E-state index is -0.449. The van der Waals surface area contributed by atoms with E-state index in [2.05, 4.69) is 39.4 Å². The molecular formula is C19H32F2IN5. The maximum absolute atomic E-state index is 13.7. The van der Waals surface area contributed by atoms with Crippen molar-refractivity contribution in [3.05, 3.63) is 35.4 Å². The smallest absolute Gasteiger partial charge is 0.191 e. The predicted molar refractivity (Wildman–Crippen MR) is 118 cm³/mol. The van der Waals surface area contributed by atoms with Crippen LogP contribution in [0.4, 0.5) is 8.78 Å². The van der Waals surface area contributed by atoms with E-state index in [1.807, 2.05) is 6.92 Å². The summed E-state index contributed by atoms with van der Waals surface area (Å²) in [6.45, 7) is 11.3. The molecule has 1 unspecified atom stereocenters. The monoisotopic (exact) mass is 495 g/mol. The Labute approximate surface area is 178 Å². The molecule has 1 aliphatic heterocycles. The van der Waals surface area contributed by atoms with Crippen LogP contribution in [0.2, 0.25) is 0 Å². The Morgan fingerprint density at radius 1 is 1.19 bits per heavy atom. The van der Waals surface area contributed by atoms with Crippen molar-refractivity contribution in [2.75, 3.05) is 52.9 Å². The van der Waals surface area contributed by atoms with Crippen molar-refractivity contribution < 1.29 is 8.78 Å². The number of nitrogens with zero attached hydrogens (tertiary/aromatic N) is 3. The predicted octanol–water partition coefficient (Wildman–Crippen LogP) is 2.52. The van der Waals surface area contributed by atoms with E-state index in [9.17, 15) is 8.78 Å². The second kappa shape index (κ2) is 12.5. The van der Waals surface area contributed by atoms with Gasteiger partial charge in [0.05, 0.1) is 6.54 Å². The van der Waals surface area contributed by atoms with Gasteiger partial charge in [0.1, 0.15) is 11.6 Å². The number of hydrogen-bond acceptors (Lipinski definition) is 3. The van der Waals surface area contributed by atoms with Gasteiger partial charge in [-0.1, -0.05) is 6.92 Å². The maximum Gasteiger partial charge on any atom is 0.191 e. The lowest BCUT2D eigenvalue weighted by Gasteiger charge is -2.34. The van der Waals surface area contributed by atoms with Crippen LogP contribution in [0.5, 0.6) is 0 Å². The summed E-state index contributed by atoms with van der Waals surface area (Å²) >= 11 is 0. The molecule has 1 aromatic rings. The van der Waals surface area contributed by atoms with Gasteiger partial charge in [0.25, 0.3) is 0 Å². The van der Waals surface area contributed by atoms with Gasteiger partial charge < -0.3 is 20.4 Å². The van der Waals surface area contributed by atoms with Crippen LogP contribution in [0.1, 0.15) is 19.4 Å². The summed E-state index contributed by atoms with van der Waals surface area (Å²) in [6, 6.07) is 3.45. The average molecular weight is 495 g/mol. The van der Waals surface area contributed by atoms with Crippen LogP contribution in [0.25, 0.3) is 0 Å². The molecule has 1 atom stereocenters. The van der Waals surface area contributed by atoms with Crippen molar-refractivity contribution in [2.45, 2.75) is 20.4 Å². The van der Waals surface area contributed by atoms with Gasteiger partial charge in [0.2, 0.25) is 0 Å². The van der Waals surface area contributed by atoms with E-state index in [4.69, 9.17) is 0 Å². The van der Waals surface area contributed by atoms with E-state index in [1.165, 1.54) is 6.07 Å². The third kappa shape index (κ3) is 8.69. The van der Waals surface area contributed by atoms with Gasteiger partial charge >= 0.3 is 0 Å². The van der Waals surface area contributed by atoms with Crippen LogP contribution in [0.3, 0.4) is 0 Å². The van der Waals surface area contributed by atoms with E-state index >= 15 is 0 Å². The van der Waals surface area contributed by atoms with Gasteiger partial charge in [-0.3, -0.25) is 0 Å². The fourth-order valence-electron chi connectivity index (χ4n) is 2.98. The van der Waals surface area contributed by atoms with Crippen LogP contribution < -0.4 is 10.6 Å². The molecule has 2 rings (SSSR count). The highest BCUT2D eigenvalue weighted by Crippen LogP contribution is 2.10. The molecule has 1 aliphatic rings. The topological polar surface area (TPSA) is 42.9 Å². The summed E-state index contributed by atoms with van der Waals surface area (Å²) in [5.41, 5.74) is 0.257. The van der Waals surface area contributed by atoms with Crippen LogP contribution in [-0.2, 0) is 6.54 Å². The summed E-state index contributed by atoms with van der Waals surface area (Å²) in [5, 5.41) is 6.46. The average Bonchev–Trinajstić information content (AvgIpc) is 2.62. The molecule has 27 heavy (non-hydrogen) atoms. The fraction of sp³-hybridized carbons (Fsp3) is 0.632. The molecule has 0 aliphatic carbocycles. The summed E-state index contributed by atoms with van der Waals surface area (Å²) in [4.78, 5) is 9.21. The molecule has 0 radical (unpaired) electrons. The Morgan fingerprint density at radius 3 is 2.56 bits per heavy atom. The van der Waals surface area contributed by atoms with Crippen LogP contribution in [0.15, 0.2) is 23.2 Å². The molecule has 1 heterocycles. The van der Waals surface area contributed by atoms with Crippen molar-refractivity contribution in [2.24, 2.45) is 10.9 Å². The summed E-state index contributed by atoms with van der Waals surface area (Å²) < 4.78 is 27.0. The molecule has 1 saturated heterocycles. The Morgan fingerprint density at radius 2 is 1.89 bits per heavy atom. The Kier molecular flexibility index (Phi) is 11.1. The summed E-state index contributed by atoms with van der Waals surface area (Å²) in [6.07, 6.45) is 0. The van der Waals surface area contributed by atoms with Gasteiger partial charge in [0.15, 0.2) is 5.96 Å². The normalized spacial score (nSPS) is 17.3. The molecule has 5 nitrogen and oxygen atoms in total. The highest BCUT2D eigenvalue weighted by atomic mass is 127. The second-order valence-corrected chi connectivity index (χ2v) is 7.02. The van der Waals surface area contributed by atoms with Crippen LogP contribution >= 0.6 is 24.0 Å². The lowest BCUT2D eigenvalue weighted by Crippen LogP contribution is -2.47. The molecular weight excluding hydrogens is 463 g/mol. The lowest BCUT2D eigenvalue weighted by molar-refractivity contribution is 0.139. The number of aliphatic imine (C=N–C) groups is 1. The number of guanidine groups is 1. The Hall–Kier alpha value is -1.00. The quantitative estimate of drug-likeness (QED) is 0.347. The molecule has 8 heteroatoms. The van der Waals surface area contributed by atoms with E-state index in [0.717, 1.165) is 51.4 Å². The fourth-order valence-corrected chi connectivity index (χ4v) is 2.98. The molecule has 154 valence electrons. The highest BCUT2D eigenvalue weighted by Gasteiger charge is 2.16. The third-order valence-electron chi connectivity index (χ3n) is 4.54. The van der Waals surface area contributed by atoms with Gasteiger partial charge in [0, 0.05) is 51.4 Å². The van der Waals surface area contributed by atoms with Gasteiger partial charge in [-0.15, -0.1) is 24.0 Å². The van der Waals surface area contributed by atoms with Crippen molar-refractivity contribution in [1.29, 1.82) is 0 Å². The van der Waals surface area contributed by atoms with E-state index in [-0.39, 0.29) is 36.1 Å². The number of benzene rings is 1. The summed E-state index contributed by atoms with van der Waals surface area (Å²) in [5.74, 6) is 0.208. The molecule has 0 saturated carbocycles. The van der Waals surface area contributed by atoms with E-state index in [0.29, 0.717) is 18.4 Å². The Balaban J connectivity index is 0.00000364. The number of likely N-dealkylation sites (N-methyl/N-ethyl adjacent to an activating group) is 1. The standard InChI is InChI=1S/C19H31F2N5.HI/c1-4-22-19(24-13-16-11-17(20)5-6-18(16)21)23-12-15(2)14-26-9-7-25(3)8-10-26;/h5-6,11,15H,4,7-10,12-14H2,1-3H3,(H2,22,23,24);1H. The lowest BCUT2D eigenvalue weighted by atomic mass is 10.1. The minimum absolute atomic E-state index is 0. The Bertz CT molecular complexity index is 591. The van der Waals surface area contributed by atoms with E-state index in [1.54, 1.807) is 0 Å². The first-order valence-electron chi connectivity index (χ1n) is 9.35. The first-order chi connectivity index (χ1) is 12.5. The molecule has 0 amide bonds. The molecule has 0 spiro atoms. The SMILES string of the molecule is CCNC(=NCc1cc(F)ccc1F)NCC(C)CN1CCN(C)CC1.I. The number of nitrogens with one attached hydrogen (secondary N) is 2. The highest BCUT2D eigenvalue weighted by molar-refractivity contribution is 14.0. The number of rotatable bonds is 7. The number of piperazine rings is 1. The number of hydrogen-bond donors (Lipinski definition) is 2. The third-order valence-corrected chi connectivity index (χ3v) is 4.54. The van der Waals surface area contributed by atoms with Crippen LogP contribution in [0, 0.1) is 17.6 Å². The van der Waals surface area contributed by atoms with Gasteiger partial charge in [-0.25, -0.2) is 13.8 Å². The minimum Gasteiger partial charge on any atom is -0.357 e.